The number of rotatable bonds is 5. The maximum atomic E-state index is 12.2. The van der Waals surface area contributed by atoms with E-state index in [0.29, 0.717) is 17.3 Å². The van der Waals surface area contributed by atoms with E-state index in [0.717, 1.165) is 25.7 Å². The molecule has 1 saturated carbocycles. The number of nitrogens with one attached hydrogen (secondary N) is 1. The van der Waals surface area contributed by atoms with E-state index in [1.54, 1.807) is 19.5 Å². The van der Waals surface area contributed by atoms with E-state index in [9.17, 15) is 4.79 Å². The Balaban J connectivity index is 1.48. The van der Waals surface area contributed by atoms with Crippen LogP contribution < -0.4 is 14.8 Å². The number of ether oxygens (including phenoxy) is 2. The number of hydrogen-bond donors (Lipinski definition) is 1. The van der Waals surface area contributed by atoms with Crippen molar-refractivity contribution in [3.8, 4) is 11.8 Å². The number of hydrogen-bond acceptors (Lipinski definition) is 5. The summed E-state index contributed by atoms with van der Waals surface area (Å²) >= 11 is 0. The second kappa shape index (κ2) is 7.77. The predicted octanol–water partition coefficient (Wildman–Crippen LogP) is 2.61. The maximum absolute atomic E-state index is 12.2. The van der Waals surface area contributed by atoms with Crippen LogP contribution in [0.1, 0.15) is 36.0 Å². The van der Waals surface area contributed by atoms with Gasteiger partial charge in [-0.3, -0.25) is 9.78 Å². The molecule has 0 spiro atoms. The van der Waals surface area contributed by atoms with Crippen LogP contribution in [0.3, 0.4) is 0 Å². The zero-order valence-corrected chi connectivity index (χ0v) is 13.6. The summed E-state index contributed by atoms with van der Waals surface area (Å²) in [7, 11) is 1.55. The van der Waals surface area contributed by atoms with Crippen LogP contribution in [0, 0.1) is 0 Å². The van der Waals surface area contributed by atoms with Gasteiger partial charge in [0.25, 0.3) is 5.91 Å². The van der Waals surface area contributed by atoms with Gasteiger partial charge in [0.2, 0.25) is 11.8 Å². The highest BCUT2D eigenvalue weighted by Gasteiger charge is 2.24. The number of nitrogens with zero attached hydrogens (tertiary/aromatic N) is 2. The van der Waals surface area contributed by atoms with Crippen molar-refractivity contribution in [1.29, 1.82) is 0 Å². The van der Waals surface area contributed by atoms with Gasteiger partial charge >= 0.3 is 0 Å². The van der Waals surface area contributed by atoms with Crippen LogP contribution in [-0.4, -0.2) is 35.1 Å². The zero-order chi connectivity index (χ0) is 16.8. The van der Waals surface area contributed by atoms with Crippen LogP contribution in [0.4, 0.5) is 0 Å². The molecule has 0 unspecified atom stereocenters. The van der Waals surface area contributed by atoms with Crippen molar-refractivity contribution in [2.24, 2.45) is 0 Å². The van der Waals surface area contributed by atoms with Gasteiger partial charge in [0, 0.05) is 11.6 Å². The Kier molecular flexibility index (Phi) is 5.25. The van der Waals surface area contributed by atoms with E-state index in [4.69, 9.17) is 9.47 Å². The summed E-state index contributed by atoms with van der Waals surface area (Å²) in [6.45, 7) is 0. The van der Waals surface area contributed by atoms with E-state index in [1.165, 1.54) is 0 Å². The van der Waals surface area contributed by atoms with E-state index in [-0.39, 0.29) is 18.1 Å². The Labute approximate surface area is 141 Å². The van der Waals surface area contributed by atoms with Gasteiger partial charge in [0.05, 0.1) is 19.5 Å². The molecule has 6 nitrogen and oxygen atoms in total. The van der Waals surface area contributed by atoms with E-state index < -0.39 is 0 Å². The molecule has 1 heterocycles. The van der Waals surface area contributed by atoms with Crippen molar-refractivity contribution >= 4 is 5.91 Å². The minimum atomic E-state index is -0.0152. The third kappa shape index (κ3) is 4.22. The lowest BCUT2D eigenvalue weighted by atomic mass is 9.92. The van der Waals surface area contributed by atoms with Crippen molar-refractivity contribution in [3.05, 3.63) is 48.3 Å². The molecule has 126 valence electrons. The molecule has 0 aliphatic heterocycles. The van der Waals surface area contributed by atoms with Crippen molar-refractivity contribution in [2.45, 2.75) is 37.8 Å². The molecule has 3 rings (SSSR count). The number of benzene rings is 1. The first-order chi connectivity index (χ1) is 11.7. The lowest BCUT2D eigenvalue weighted by Crippen LogP contribution is -2.39. The molecule has 1 fully saturated rings. The molecule has 0 saturated heterocycles. The highest BCUT2D eigenvalue weighted by atomic mass is 16.5. The van der Waals surface area contributed by atoms with Crippen LogP contribution in [0.2, 0.25) is 0 Å². The largest absolute Gasteiger partial charge is 0.480 e. The lowest BCUT2D eigenvalue weighted by Gasteiger charge is -2.29. The van der Waals surface area contributed by atoms with Crippen LogP contribution in [0.15, 0.2) is 42.7 Å². The van der Waals surface area contributed by atoms with E-state index >= 15 is 0 Å². The molecule has 0 radical (unpaired) electrons. The Hall–Kier alpha value is -2.63. The first-order valence-electron chi connectivity index (χ1n) is 8.13. The third-order valence-corrected chi connectivity index (χ3v) is 4.13. The van der Waals surface area contributed by atoms with Gasteiger partial charge in [0.15, 0.2) is 0 Å². The molecular formula is C18H21N3O3. The van der Waals surface area contributed by atoms with Gasteiger partial charge in [-0.1, -0.05) is 18.2 Å². The normalized spacial score (nSPS) is 20.2. The van der Waals surface area contributed by atoms with Crippen molar-refractivity contribution < 1.29 is 14.3 Å². The monoisotopic (exact) mass is 327 g/mol. The van der Waals surface area contributed by atoms with Crippen LogP contribution >= 0.6 is 0 Å². The smallest absolute Gasteiger partial charge is 0.251 e. The van der Waals surface area contributed by atoms with Crippen molar-refractivity contribution in [3.63, 3.8) is 0 Å². The fraction of sp³-hybridized carbons (Fsp3) is 0.389. The average molecular weight is 327 g/mol. The second-order valence-electron chi connectivity index (χ2n) is 5.83. The van der Waals surface area contributed by atoms with Crippen LogP contribution in [0.25, 0.3) is 0 Å². The molecule has 1 N–H and O–H groups in total. The van der Waals surface area contributed by atoms with Gasteiger partial charge in [-0.2, -0.15) is 4.98 Å². The summed E-state index contributed by atoms with van der Waals surface area (Å²) in [4.78, 5) is 20.4. The van der Waals surface area contributed by atoms with Gasteiger partial charge in [-0.15, -0.1) is 0 Å². The SMILES string of the molecule is COc1cncc(OC2CCC(NC(=O)c3ccccc3)CC2)n1. The molecule has 1 aromatic heterocycles. The van der Waals surface area contributed by atoms with Gasteiger partial charge in [-0.25, -0.2) is 0 Å². The average Bonchev–Trinajstić information content (AvgIpc) is 2.64. The van der Waals surface area contributed by atoms with Gasteiger partial charge in [-0.05, 0) is 37.8 Å². The molecule has 1 aromatic carbocycles. The molecule has 6 heteroatoms. The molecule has 1 aliphatic rings. The number of methoxy groups -OCH3 is 1. The summed E-state index contributed by atoms with van der Waals surface area (Å²) in [6.07, 6.45) is 6.75. The minimum Gasteiger partial charge on any atom is -0.480 e. The molecule has 0 atom stereocenters. The zero-order valence-electron chi connectivity index (χ0n) is 13.6. The van der Waals surface area contributed by atoms with E-state index in [2.05, 4.69) is 15.3 Å². The lowest BCUT2D eigenvalue weighted by molar-refractivity contribution is 0.0889. The number of carbonyl (C=O) groups excluding carboxylic acids is 1. The molecule has 0 bridgehead atoms. The van der Waals surface area contributed by atoms with Gasteiger partial charge in [0.1, 0.15) is 6.10 Å². The Bertz CT molecular complexity index is 670. The summed E-state index contributed by atoms with van der Waals surface area (Å²) in [6, 6.07) is 9.48. The fourth-order valence-corrected chi connectivity index (χ4v) is 2.84. The quantitative estimate of drug-likeness (QED) is 0.914. The van der Waals surface area contributed by atoms with E-state index in [1.807, 2.05) is 30.3 Å². The Morgan fingerprint density at radius 1 is 1.08 bits per heavy atom. The summed E-state index contributed by atoms with van der Waals surface area (Å²) in [5, 5.41) is 3.10. The van der Waals surface area contributed by atoms with Crippen LogP contribution in [0.5, 0.6) is 11.8 Å². The summed E-state index contributed by atoms with van der Waals surface area (Å²) in [5.41, 5.74) is 0.697. The Morgan fingerprint density at radius 3 is 2.50 bits per heavy atom. The molecule has 1 amide bonds. The fourth-order valence-electron chi connectivity index (χ4n) is 2.84. The van der Waals surface area contributed by atoms with Crippen molar-refractivity contribution in [1.82, 2.24) is 15.3 Å². The topological polar surface area (TPSA) is 73.3 Å². The molecular weight excluding hydrogens is 306 g/mol. The molecule has 2 aromatic rings. The third-order valence-electron chi connectivity index (χ3n) is 4.13. The minimum absolute atomic E-state index is 0.0152. The molecule has 24 heavy (non-hydrogen) atoms. The predicted molar refractivity (Wildman–Crippen MR) is 89.2 cm³/mol. The highest BCUT2D eigenvalue weighted by Crippen LogP contribution is 2.23. The first-order valence-corrected chi connectivity index (χ1v) is 8.13. The Morgan fingerprint density at radius 2 is 1.79 bits per heavy atom. The first kappa shape index (κ1) is 16.2. The maximum Gasteiger partial charge on any atom is 0.251 e. The summed E-state index contributed by atoms with van der Waals surface area (Å²) < 4.78 is 10.9. The number of aromatic nitrogens is 2. The van der Waals surface area contributed by atoms with Gasteiger partial charge < -0.3 is 14.8 Å². The summed E-state index contributed by atoms with van der Waals surface area (Å²) in [5.74, 6) is 0.904. The highest BCUT2D eigenvalue weighted by molar-refractivity contribution is 5.94. The standard InChI is InChI=1S/C18H21N3O3/c1-23-16-11-19-12-17(21-16)24-15-9-7-14(8-10-15)20-18(22)13-5-3-2-4-6-13/h2-6,11-12,14-15H,7-10H2,1H3,(H,20,22). The second-order valence-corrected chi connectivity index (χ2v) is 5.83. The van der Waals surface area contributed by atoms with Crippen LogP contribution in [-0.2, 0) is 0 Å². The number of amides is 1. The molecule has 1 aliphatic carbocycles. The number of carbonyl (C=O) groups is 1. The van der Waals surface area contributed by atoms with Crippen molar-refractivity contribution in [2.75, 3.05) is 7.11 Å².